The Kier molecular flexibility index (Phi) is 4.04. The van der Waals surface area contributed by atoms with Gasteiger partial charge in [0, 0.05) is 13.1 Å². The van der Waals surface area contributed by atoms with Crippen LogP contribution >= 0.6 is 0 Å². The van der Waals surface area contributed by atoms with Crippen molar-refractivity contribution in [2.75, 3.05) is 32.1 Å². The third kappa shape index (κ3) is 2.92. The van der Waals surface area contributed by atoms with Gasteiger partial charge in [-0.2, -0.15) is 0 Å². The Hall–Kier alpha value is -1.75. The fourth-order valence-electron chi connectivity index (χ4n) is 1.95. The summed E-state index contributed by atoms with van der Waals surface area (Å²) in [6.07, 6.45) is 0.0853. The van der Waals surface area contributed by atoms with Crippen molar-refractivity contribution in [1.29, 1.82) is 0 Å². The molecule has 98 valence electrons. The topological polar surface area (TPSA) is 50.8 Å². The smallest absolute Gasteiger partial charge is 0.322 e. The quantitative estimate of drug-likeness (QED) is 0.872. The van der Waals surface area contributed by atoms with E-state index in [1.807, 2.05) is 31.2 Å². The predicted octanol–water partition coefficient (Wildman–Crippen LogP) is 1.95. The van der Waals surface area contributed by atoms with Crippen LogP contribution in [0.5, 0.6) is 5.75 Å². The summed E-state index contributed by atoms with van der Waals surface area (Å²) in [5.41, 5.74) is 0.684. The molecule has 0 aromatic heterocycles. The highest BCUT2D eigenvalue weighted by atomic mass is 16.5. The first-order valence-corrected chi connectivity index (χ1v) is 6.01. The minimum atomic E-state index is -0.116. The molecule has 5 heteroatoms. The second-order valence-corrected chi connectivity index (χ2v) is 4.26. The fourth-order valence-corrected chi connectivity index (χ4v) is 1.95. The maximum Gasteiger partial charge on any atom is 0.322 e. The van der Waals surface area contributed by atoms with Crippen molar-refractivity contribution in [3.05, 3.63) is 24.3 Å². The Morgan fingerprint density at radius 3 is 3.00 bits per heavy atom. The van der Waals surface area contributed by atoms with Gasteiger partial charge in [0.25, 0.3) is 0 Å². The molecular formula is C13H18N2O3. The van der Waals surface area contributed by atoms with Crippen LogP contribution in [-0.2, 0) is 4.74 Å². The van der Waals surface area contributed by atoms with Crippen LogP contribution in [0.15, 0.2) is 24.3 Å². The highest BCUT2D eigenvalue weighted by molar-refractivity contribution is 5.91. The lowest BCUT2D eigenvalue weighted by Crippen LogP contribution is -2.46. The molecular weight excluding hydrogens is 232 g/mol. The van der Waals surface area contributed by atoms with Crippen LogP contribution in [0.2, 0.25) is 0 Å². The van der Waals surface area contributed by atoms with Crippen LogP contribution < -0.4 is 10.1 Å². The number of hydrogen-bond donors (Lipinski definition) is 1. The molecule has 0 saturated carbocycles. The summed E-state index contributed by atoms with van der Waals surface area (Å²) in [5, 5.41) is 2.86. The zero-order valence-electron chi connectivity index (χ0n) is 10.7. The van der Waals surface area contributed by atoms with Crippen molar-refractivity contribution < 1.29 is 14.3 Å². The summed E-state index contributed by atoms with van der Waals surface area (Å²) in [4.78, 5) is 13.8. The number of carbonyl (C=O) groups excluding carboxylic acids is 1. The van der Waals surface area contributed by atoms with Gasteiger partial charge in [-0.3, -0.25) is 0 Å². The Labute approximate surface area is 107 Å². The lowest BCUT2D eigenvalue weighted by molar-refractivity contribution is -0.00139. The van der Waals surface area contributed by atoms with Crippen molar-refractivity contribution in [3.63, 3.8) is 0 Å². The maximum atomic E-state index is 12.1. The third-order valence-corrected chi connectivity index (χ3v) is 2.88. The van der Waals surface area contributed by atoms with Crippen LogP contribution in [0, 0.1) is 0 Å². The van der Waals surface area contributed by atoms with E-state index in [-0.39, 0.29) is 12.1 Å². The molecule has 0 aliphatic carbocycles. The van der Waals surface area contributed by atoms with Crippen LogP contribution in [0.25, 0.3) is 0 Å². The minimum absolute atomic E-state index is 0.0853. The van der Waals surface area contributed by atoms with Crippen molar-refractivity contribution in [2.24, 2.45) is 0 Å². The third-order valence-electron chi connectivity index (χ3n) is 2.88. The van der Waals surface area contributed by atoms with E-state index in [0.29, 0.717) is 31.1 Å². The number of methoxy groups -OCH3 is 1. The lowest BCUT2D eigenvalue weighted by Gasteiger charge is -2.31. The van der Waals surface area contributed by atoms with E-state index in [1.165, 1.54) is 0 Å². The Balaban J connectivity index is 2.02. The predicted molar refractivity (Wildman–Crippen MR) is 69.0 cm³/mol. The number of urea groups is 1. The molecule has 1 atom stereocenters. The molecule has 1 N–H and O–H groups in total. The van der Waals surface area contributed by atoms with E-state index in [9.17, 15) is 4.79 Å². The average Bonchev–Trinajstić information content (AvgIpc) is 2.39. The molecule has 18 heavy (non-hydrogen) atoms. The van der Waals surface area contributed by atoms with Gasteiger partial charge >= 0.3 is 6.03 Å². The standard InChI is InChI=1S/C13H18N2O3/c1-10-9-15(7-8-18-10)13(16)14-11-5-3-4-6-12(11)17-2/h3-6,10H,7-9H2,1-2H3,(H,14,16). The summed E-state index contributed by atoms with van der Waals surface area (Å²) in [6, 6.07) is 7.25. The van der Waals surface area contributed by atoms with Crippen LogP contribution in [0.3, 0.4) is 0 Å². The fraction of sp³-hybridized carbons (Fsp3) is 0.462. The number of ether oxygens (including phenoxy) is 2. The molecule has 0 radical (unpaired) electrons. The average molecular weight is 250 g/mol. The van der Waals surface area contributed by atoms with E-state index in [2.05, 4.69) is 5.32 Å². The molecule has 2 amide bonds. The van der Waals surface area contributed by atoms with Crippen LogP contribution in [-0.4, -0.2) is 43.8 Å². The van der Waals surface area contributed by atoms with Gasteiger partial charge in [0.15, 0.2) is 0 Å². The molecule has 1 aromatic rings. The van der Waals surface area contributed by atoms with Gasteiger partial charge in [0.1, 0.15) is 5.75 Å². The van der Waals surface area contributed by atoms with E-state index >= 15 is 0 Å². The van der Waals surface area contributed by atoms with Gasteiger partial charge in [0.05, 0.1) is 25.5 Å². The van der Waals surface area contributed by atoms with E-state index < -0.39 is 0 Å². The molecule has 1 unspecified atom stereocenters. The van der Waals surface area contributed by atoms with E-state index in [0.717, 1.165) is 0 Å². The number of nitrogens with zero attached hydrogens (tertiary/aromatic N) is 1. The molecule has 2 rings (SSSR count). The van der Waals surface area contributed by atoms with Crippen molar-refractivity contribution in [2.45, 2.75) is 13.0 Å². The number of morpholine rings is 1. The van der Waals surface area contributed by atoms with Gasteiger partial charge in [-0.15, -0.1) is 0 Å². The molecule has 1 aliphatic rings. The summed E-state index contributed by atoms with van der Waals surface area (Å²) in [7, 11) is 1.59. The summed E-state index contributed by atoms with van der Waals surface area (Å²) < 4.78 is 10.6. The number of anilines is 1. The van der Waals surface area contributed by atoms with Gasteiger partial charge < -0.3 is 19.7 Å². The monoisotopic (exact) mass is 250 g/mol. The molecule has 1 aromatic carbocycles. The van der Waals surface area contributed by atoms with E-state index in [1.54, 1.807) is 12.0 Å². The maximum absolute atomic E-state index is 12.1. The number of para-hydroxylation sites is 2. The molecule has 0 bridgehead atoms. The number of carbonyl (C=O) groups is 1. The molecule has 1 fully saturated rings. The highest BCUT2D eigenvalue weighted by Crippen LogP contribution is 2.23. The Bertz CT molecular complexity index is 422. The molecule has 1 aliphatic heterocycles. The Morgan fingerprint density at radius 1 is 1.50 bits per heavy atom. The van der Waals surface area contributed by atoms with Crippen molar-refractivity contribution in [3.8, 4) is 5.75 Å². The number of rotatable bonds is 2. The first-order chi connectivity index (χ1) is 8.70. The summed E-state index contributed by atoms with van der Waals surface area (Å²) in [6.45, 7) is 3.77. The number of nitrogens with one attached hydrogen (secondary N) is 1. The normalized spacial score (nSPS) is 19.4. The van der Waals surface area contributed by atoms with Gasteiger partial charge in [0.2, 0.25) is 0 Å². The van der Waals surface area contributed by atoms with Crippen LogP contribution in [0.1, 0.15) is 6.92 Å². The van der Waals surface area contributed by atoms with Crippen LogP contribution in [0.4, 0.5) is 10.5 Å². The summed E-state index contributed by atoms with van der Waals surface area (Å²) >= 11 is 0. The first-order valence-electron chi connectivity index (χ1n) is 6.01. The first kappa shape index (κ1) is 12.7. The number of benzene rings is 1. The largest absolute Gasteiger partial charge is 0.495 e. The minimum Gasteiger partial charge on any atom is -0.495 e. The van der Waals surface area contributed by atoms with Crippen molar-refractivity contribution in [1.82, 2.24) is 4.90 Å². The second kappa shape index (κ2) is 5.73. The summed E-state index contributed by atoms with van der Waals surface area (Å²) in [5.74, 6) is 0.659. The van der Waals surface area contributed by atoms with E-state index in [4.69, 9.17) is 9.47 Å². The number of hydrogen-bond acceptors (Lipinski definition) is 3. The molecule has 5 nitrogen and oxygen atoms in total. The number of amides is 2. The van der Waals surface area contributed by atoms with Gasteiger partial charge in [-0.1, -0.05) is 12.1 Å². The second-order valence-electron chi connectivity index (χ2n) is 4.26. The van der Waals surface area contributed by atoms with Gasteiger partial charge in [-0.25, -0.2) is 4.79 Å². The van der Waals surface area contributed by atoms with Crippen molar-refractivity contribution >= 4 is 11.7 Å². The zero-order chi connectivity index (χ0) is 13.0. The zero-order valence-corrected chi connectivity index (χ0v) is 10.7. The van der Waals surface area contributed by atoms with Gasteiger partial charge in [-0.05, 0) is 19.1 Å². The lowest BCUT2D eigenvalue weighted by atomic mass is 10.3. The molecule has 1 saturated heterocycles. The SMILES string of the molecule is COc1ccccc1NC(=O)N1CCOC(C)C1. The highest BCUT2D eigenvalue weighted by Gasteiger charge is 2.21. The molecule has 0 spiro atoms. The molecule has 1 heterocycles. The Morgan fingerprint density at radius 2 is 2.28 bits per heavy atom.